The van der Waals surface area contributed by atoms with Gasteiger partial charge in [0, 0.05) is 32.5 Å². The van der Waals surface area contributed by atoms with Crippen LogP contribution < -0.4 is 11.1 Å². The molecule has 0 aliphatic carbocycles. The lowest BCUT2D eigenvalue weighted by atomic mass is 10.0. The predicted octanol–water partition coefficient (Wildman–Crippen LogP) is 0.646. The zero-order valence-corrected chi connectivity index (χ0v) is 16.2. The number of rotatable bonds is 3. The first-order valence-corrected chi connectivity index (χ1v) is 9.88. The number of halogens is 2. The van der Waals surface area contributed by atoms with E-state index in [4.69, 9.17) is 5.73 Å². The molecule has 0 bridgehead atoms. The van der Waals surface area contributed by atoms with Crippen molar-refractivity contribution in [1.82, 2.24) is 15.1 Å². The van der Waals surface area contributed by atoms with Crippen molar-refractivity contribution >= 4 is 23.6 Å². The van der Waals surface area contributed by atoms with E-state index < -0.39 is 41.6 Å². The number of hydrogen-bond acceptors (Lipinski definition) is 6. The van der Waals surface area contributed by atoms with Crippen LogP contribution in [-0.2, 0) is 16.1 Å². The van der Waals surface area contributed by atoms with Gasteiger partial charge in [-0.05, 0) is 24.5 Å². The Kier molecular flexibility index (Phi) is 5.15. The number of carbonyl (C=O) groups is 4. The van der Waals surface area contributed by atoms with Crippen LogP contribution >= 0.6 is 0 Å². The second-order valence-corrected chi connectivity index (χ2v) is 7.97. The Labute approximate surface area is 171 Å². The molecule has 160 valence electrons. The van der Waals surface area contributed by atoms with Crippen molar-refractivity contribution in [3.8, 4) is 0 Å². The molecule has 1 aromatic carbocycles. The summed E-state index contributed by atoms with van der Waals surface area (Å²) >= 11 is 0. The number of likely N-dealkylation sites (tertiary alicyclic amines) is 1. The molecule has 2 fully saturated rings. The molecule has 30 heavy (non-hydrogen) atoms. The van der Waals surface area contributed by atoms with Crippen molar-refractivity contribution in [3.63, 3.8) is 0 Å². The van der Waals surface area contributed by atoms with E-state index in [1.165, 1.54) is 6.07 Å². The van der Waals surface area contributed by atoms with Crippen LogP contribution in [-0.4, -0.2) is 64.5 Å². The number of benzene rings is 1. The Hall–Kier alpha value is -2.72. The van der Waals surface area contributed by atoms with E-state index in [9.17, 15) is 28.0 Å². The fraction of sp³-hybridized carbons (Fsp3) is 0.500. The topological polar surface area (TPSA) is 113 Å². The third-order valence-electron chi connectivity index (χ3n) is 6.01. The number of nitrogens with one attached hydrogen (secondary N) is 1. The van der Waals surface area contributed by atoms with Gasteiger partial charge >= 0.3 is 0 Å². The number of alkyl halides is 2. The summed E-state index contributed by atoms with van der Waals surface area (Å²) in [4.78, 5) is 52.3. The Morgan fingerprint density at radius 2 is 1.87 bits per heavy atom. The number of imide groups is 2. The molecule has 4 rings (SSSR count). The van der Waals surface area contributed by atoms with E-state index in [-0.39, 0.29) is 49.9 Å². The van der Waals surface area contributed by atoms with Gasteiger partial charge in [0.1, 0.15) is 6.04 Å². The number of piperidine rings is 1. The molecule has 2 saturated heterocycles. The minimum absolute atomic E-state index is 0.0406. The van der Waals surface area contributed by atoms with Crippen molar-refractivity contribution < 1.29 is 28.0 Å². The summed E-state index contributed by atoms with van der Waals surface area (Å²) < 4.78 is 27.8. The molecule has 1 aromatic rings. The normalized spacial score (nSPS) is 27.1. The number of carbonyl (C=O) groups excluding carboxylic acids is 4. The minimum atomic E-state index is -2.94. The maximum Gasteiger partial charge on any atom is 0.264 e. The summed E-state index contributed by atoms with van der Waals surface area (Å²) in [5.74, 6) is -5.25. The third-order valence-corrected chi connectivity index (χ3v) is 6.01. The molecular formula is C20H22F2N4O4. The largest absolute Gasteiger partial charge is 0.323 e. The first-order chi connectivity index (χ1) is 14.2. The predicted molar refractivity (Wildman–Crippen MR) is 101 cm³/mol. The average molecular weight is 420 g/mol. The summed E-state index contributed by atoms with van der Waals surface area (Å²) in [6, 6.07) is 2.57. The fourth-order valence-electron chi connectivity index (χ4n) is 4.25. The number of hydrogen-bond donors (Lipinski definition) is 2. The molecule has 2 atom stereocenters. The first kappa shape index (κ1) is 20.5. The van der Waals surface area contributed by atoms with Gasteiger partial charge in [-0.15, -0.1) is 0 Å². The highest BCUT2D eigenvalue weighted by Gasteiger charge is 2.46. The van der Waals surface area contributed by atoms with E-state index in [2.05, 4.69) is 5.32 Å². The Balaban J connectivity index is 1.58. The second-order valence-electron chi connectivity index (χ2n) is 7.97. The average Bonchev–Trinajstić information content (AvgIpc) is 2.87. The minimum Gasteiger partial charge on any atom is -0.323 e. The number of nitrogens with zero attached hydrogens (tertiary/aromatic N) is 2. The third kappa shape index (κ3) is 3.50. The summed E-state index contributed by atoms with van der Waals surface area (Å²) in [6.45, 7) is 0.678. The number of amides is 4. The van der Waals surface area contributed by atoms with Crippen molar-refractivity contribution in [2.45, 2.75) is 50.2 Å². The zero-order chi connectivity index (χ0) is 21.6. The molecule has 0 aromatic heterocycles. The molecule has 8 nitrogen and oxygen atoms in total. The number of fused-ring (bicyclic) bond motifs is 1. The van der Waals surface area contributed by atoms with Crippen LogP contribution in [0.2, 0.25) is 0 Å². The van der Waals surface area contributed by atoms with Gasteiger partial charge in [-0.3, -0.25) is 34.3 Å². The summed E-state index contributed by atoms with van der Waals surface area (Å²) in [5, 5.41) is 2.16. The van der Waals surface area contributed by atoms with Gasteiger partial charge in [0.25, 0.3) is 17.7 Å². The molecule has 3 aliphatic heterocycles. The highest BCUT2D eigenvalue weighted by Crippen LogP contribution is 2.32. The molecule has 0 saturated carbocycles. The summed E-state index contributed by atoms with van der Waals surface area (Å²) in [7, 11) is 0. The Bertz CT molecular complexity index is 935. The molecule has 0 radical (unpaired) electrons. The molecule has 3 heterocycles. The summed E-state index contributed by atoms with van der Waals surface area (Å²) in [5.41, 5.74) is 6.49. The van der Waals surface area contributed by atoms with Gasteiger partial charge in [-0.1, -0.05) is 12.1 Å². The van der Waals surface area contributed by atoms with E-state index in [1.54, 1.807) is 17.0 Å². The highest BCUT2D eigenvalue weighted by molar-refractivity contribution is 6.24. The molecule has 2 unspecified atom stereocenters. The van der Waals surface area contributed by atoms with Crippen LogP contribution in [0.1, 0.15) is 52.0 Å². The van der Waals surface area contributed by atoms with Crippen LogP contribution in [0.25, 0.3) is 0 Å². The van der Waals surface area contributed by atoms with Gasteiger partial charge in [-0.25, -0.2) is 8.78 Å². The first-order valence-electron chi connectivity index (χ1n) is 9.88. The highest BCUT2D eigenvalue weighted by atomic mass is 19.3. The van der Waals surface area contributed by atoms with Gasteiger partial charge in [0.15, 0.2) is 0 Å². The lowest BCUT2D eigenvalue weighted by molar-refractivity contribution is -0.136. The van der Waals surface area contributed by atoms with E-state index in [1.807, 2.05) is 0 Å². The molecule has 3 aliphatic rings. The van der Waals surface area contributed by atoms with Gasteiger partial charge in [-0.2, -0.15) is 0 Å². The standard InChI is InChI=1S/C20H22F2N4O4/c21-20(22)7-9-25(8-6-14(20)23)10-11-2-1-3-12-16(11)19(30)26(18(12)29)13-4-5-15(27)24-17(13)28/h1-3,13-14H,4-10,23H2,(H,24,27,28). The molecule has 3 N–H and O–H groups in total. The van der Waals surface area contributed by atoms with Crippen molar-refractivity contribution in [2.24, 2.45) is 5.73 Å². The van der Waals surface area contributed by atoms with Gasteiger partial charge in [0.05, 0.1) is 17.2 Å². The zero-order valence-electron chi connectivity index (χ0n) is 16.2. The second kappa shape index (κ2) is 7.51. The quantitative estimate of drug-likeness (QED) is 0.695. The molecule has 10 heteroatoms. The molecule has 0 spiro atoms. The monoisotopic (exact) mass is 420 g/mol. The smallest absolute Gasteiger partial charge is 0.264 e. The SMILES string of the molecule is NC1CCN(Cc2cccc3c2C(=O)N(C2CCC(=O)NC2=O)C3=O)CCC1(F)F. The van der Waals surface area contributed by atoms with Crippen LogP contribution in [0.5, 0.6) is 0 Å². The molecular weight excluding hydrogens is 398 g/mol. The van der Waals surface area contributed by atoms with E-state index in [0.29, 0.717) is 12.1 Å². The van der Waals surface area contributed by atoms with E-state index >= 15 is 0 Å². The Morgan fingerprint density at radius 3 is 2.60 bits per heavy atom. The fourth-order valence-corrected chi connectivity index (χ4v) is 4.25. The number of nitrogens with two attached hydrogens (primary N) is 1. The lowest BCUT2D eigenvalue weighted by Crippen LogP contribution is -2.54. The van der Waals surface area contributed by atoms with Gasteiger partial charge < -0.3 is 5.73 Å². The van der Waals surface area contributed by atoms with Crippen LogP contribution in [0.3, 0.4) is 0 Å². The van der Waals surface area contributed by atoms with Crippen LogP contribution in [0.4, 0.5) is 8.78 Å². The van der Waals surface area contributed by atoms with Crippen molar-refractivity contribution in [3.05, 3.63) is 34.9 Å². The van der Waals surface area contributed by atoms with Crippen molar-refractivity contribution in [1.29, 1.82) is 0 Å². The van der Waals surface area contributed by atoms with E-state index in [0.717, 1.165) is 4.90 Å². The maximum atomic E-state index is 13.9. The van der Waals surface area contributed by atoms with Crippen LogP contribution in [0, 0.1) is 0 Å². The maximum absolute atomic E-state index is 13.9. The Morgan fingerprint density at radius 1 is 1.10 bits per heavy atom. The van der Waals surface area contributed by atoms with Crippen molar-refractivity contribution in [2.75, 3.05) is 13.1 Å². The molecule has 4 amide bonds. The lowest BCUT2D eigenvalue weighted by Gasteiger charge is -2.28. The van der Waals surface area contributed by atoms with Crippen LogP contribution in [0.15, 0.2) is 18.2 Å². The van der Waals surface area contributed by atoms with Gasteiger partial charge in [0.2, 0.25) is 11.8 Å². The summed E-state index contributed by atoms with van der Waals surface area (Å²) in [6.07, 6.45) is -0.140.